The number of unbranched alkanes of at least 4 members (excludes halogenated alkanes) is 2. The van der Waals surface area contributed by atoms with Gasteiger partial charge in [-0.2, -0.15) is 0 Å². The molecule has 0 spiro atoms. The maximum atomic E-state index is 12.5. The van der Waals surface area contributed by atoms with Gasteiger partial charge in [-0.25, -0.2) is 0 Å². The Morgan fingerprint density at radius 1 is 1.04 bits per heavy atom. The van der Waals surface area contributed by atoms with E-state index in [0.29, 0.717) is 13.0 Å². The summed E-state index contributed by atoms with van der Waals surface area (Å²) in [5.74, 6) is -0.322. The molecule has 2 amide bonds. The molecule has 1 fully saturated rings. The zero-order chi connectivity index (χ0) is 16.7. The molecule has 0 bridgehead atoms. The number of likely N-dealkylation sites (tertiary alicyclic amines) is 1. The molecule has 0 saturated carbocycles. The van der Waals surface area contributed by atoms with Gasteiger partial charge in [0.25, 0.3) is 0 Å². The second-order valence-corrected chi connectivity index (χ2v) is 6.14. The Bertz CT molecular complexity index is 511. The van der Waals surface area contributed by atoms with E-state index in [4.69, 9.17) is 0 Å². The SMILES string of the molecule is CCN(CC)CCCCCN1C(=O)CC(c2ccccc2)C1=O. The topological polar surface area (TPSA) is 40.6 Å². The number of nitrogens with zero attached hydrogens (tertiary/aromatic N) is 2. The molecule has 1 aliphatic rings. The van der Waals surface area contributed by atoms with E-state index in [0.717, 1.165) is 44.5 Å². The van der Waals surface area contributed by atoms with Gasteiger partial charge in [0.2, 0.25) is 11.8 Å². The molecule has 1 saturated heterocycles. The highest BCUT2D eigenvalue weighted by atomic mass is 16.2. The van der Waals surface area contributed by atoms with Crippen molar-refractivity contribution in [3.05, 3.63) is 35.9 Å². The Balaban J connectivity index is 1.78. The molecule has 23 heavy (non-hydrogen) atoms. The summed E-state index contributed by atoms with van der Waals surface area (Å²) in [7, 11) is 0. The van der Waals surface area contributed by atoms with E-state index in [9.17, 15) is 9.59 Å². The number of carbonyl (C=O) groups excluding carboxylic acids is 2. The van der Waals surface area contributed by atoms with Crippen molar-refractivity contribution in [2.24, 2.45) is 0 Å². The molecule has 0 aromatic heterocycles. The summed E-state index contributed by atoms with van der Waals surface area (Å²) >= 11 is 0. The van der Waals surface area contributed by atoms with Crippen molar-refractivity contribution in [3.8, 4) is 0 Å². The van der Waals surface area contributed by atoms with Crippen molar-refractivity contribution >= 4 is 11.8 Å². The van der Waals surface area contributed by atoms with Crippen LogP contribution in [0.1, 0.15) is 51.0 Å². The quantitative estimate of drug-likeness (QED) is 0.519. The fourth-order valence-corrected chi connectivity index (χ4v) is 3.19. The number of benzene rings is 1. The van der Waals surface area contributed by atoms with Gasteiger partial charge in [-0.15, -0.1) is 0 Å². The van der Waals surface area contributed by atoms with Crippen LogP contribution in [0.5, 0.6) is 0 Å². The first-order valence-corrected chi connectivity index (χ1v) is 8.78. The zero-order valence-corrected chi connectivity index (χ0v) is 14.3. The molecule has 1 aromatic rings. The first-order valence-electron chi connectivity index (χ1n) is 8.78. The lowest BCUT2D eigenvalue weighted by Gasteiger charge is -2.18. The van der Waals surface area contributed by atoms with Crippen LogP contribution in [0.2, 0.25) is 0 Å². The molecule has 1 heterocycles. The van der Waals surface area contributed by atoms with E-state index in [1.165, 1.54) is 4.90 Å². The third kappa shape index (κ3) is 4.64. The van der Waals surface area contributed by atoms with Crippen LogP contribution in [0, 0.1) is 0 Å². The lowest BCUT2D eigenvalue weighted by Crippen LogP contribution is -2.31. The molecule has 1 aromatic carbocycles. The Morgan fingerprint density at radius 3 is 2.39 bits per heavy atom. The van der Waals surface area contributed by atoms with Gasteiger partial charge < -0.3 is 4.90 Å². The van der Waals surface area contributed by atoms with Gasteiger partial charge >= 0.3 is 0 Å². The summed E-state index contributed by atoms with van der Waals surface area (Å²) in [5, 5.41) is 0. The van der Waals surface area contributed by atoms with Gasteiger partial charge in [-0.1, -0.05) is 50.6 Å². The second-order valence-electron chi connectivity index (χ2n) is 6.14. The summed E-state index contributed by atoms with van der Waals surface area (Å²) in [6.07, 6.45) is 3.41. The van der Waals surface area contributed by atoms with Crippen molar-refractivity contribution in [3.63, 3.8) is 0 Å². The maximum Gasteiger partial charge on any atom is 0.237 e. The van der Waals surface area contributed by atoms with E-state index in [2.05, 4.69) is 18.7 Å². The largest absolute Gasteiger partial charge is 0.304 e. The predicted octanol–water partition coefficient (Wildman–Crippen LogP) is 3.04. The van der Waals surface area contributed by atoms with Crippen molar-refractivity contribution in [1.82, 2.24) is 9.80 Å². The molecule has 0 N–H and O–H groups in total. The Hall–Kier alpha value is -1.68. The average molecular weight is 316 g/mol. The molecular formula is C19H28N2O2. The second kappa shape index (κ2) is 8.82. The lowest BCUT2D eigenvalue weighted by atomic mass is 9.98. The van der Waals surface area contributed by atoms with Crippen LogP contribution < -0.4 is 0 Å². The Labute approximate surface area is 139 Å². The first kappa shape index (κ1) is 17.7. The van der Waals surface area contributed by atoms with Gasteiger partial charge in [-0.05, 0) is 38.0 Å². The van der Waals surface area contributed by atoms with E-state index in [1.54, 1.807) is 0 Å². The minimum atomic E-state index is -0.278. The summed E-state index contributed by atoms with van der Waals surface area (Å²) in [5.41, 5.74) is 0.954. The van der Waals surface area contributed by atoms with Crippen molar-refractivity contribution in [2.75, 3.05) is 26.2 Å². The van der Waals surface area contributed by atoms with Gasteiger partial charge in [0.1, 0.15) is 0 Å². The molecular weight excluding hydrogens is 288 g/mol. The lowest BCUT2D eigenvalue weighted by molar-refractivity contribution is -0.138. The fourth-order valence-electron chi connectivity index (χ4n) is 3.19. The number of carbonyl (C=O) groups is 2. The molecule has 1 atom stereocenters. The summed E-state index contributed by atoms with van der Waals surface area (Å²) < 4.78 is 0. The highest BCUT2D eigenvalue weighted by Gasteiger charge is 2.38. The van der Waals surface area contributed by atoms with E-state index >= 15 is 0 Å². The molecule has 4 nitrogen and oxygen atoms in total. The van der Waals surface area contributed by atoms with E-state index < -0.39 is 0 Å². The molecule has 126 valence electrons. The standard InChI is InChI=1S/C19H28N2O2/c1-3-20(4-2)13-9-6-10-14-21-18(22)15-17(19(21)23)16-11-7-5-8-12-16/h5,7-8,11-12,17H,3-4,6,9-10,13-15H2,1-2H3. The Morgan fingerprint density at radius 2 is 1.74 bits per heavy atom. The van der Waals surface area contributed by atoms with Crippen LogP contribution in [0.25, 0.3) is 0 Å². The minimum absolute atomic E-state index is 0.0207. The van der Waals surface area contributed by atoms with Gasteiger partial charge in [0, 0.05) is 13.0 Å². The normalized spacial score (nSPS) is 18.2. The monoisotopic (exact) mass is 316 g/mol. The molecule has 0 aliphatic carbocycles. The van der Waals surface area contributed by atoms with Gasteiger partial charge in [0.15, 0.2) is 0 Å². The number of hydrogen-bond donors (Lipinski definition) is 0. The van der Waals surface area contributed by atoms with Gasteiger partial charge in [0.05, 0.1) is 5.92 Å². The van der Waals surface area contributed by atoms with Crippen molar-refractivity contribution in [1.29, 1.82) is 0 Å². The molecule has 0 radical (unpaired) electrons. The van der Waals surface area contributed by atoms with Crippen LogP contribution in [0.4, 0.5) is 0 Å². The summed E-state index contributed by atoms with van der Waals surface area (Å²) in [4.78, 5) is 28.5. The summed E-state index contributed by atoms with van der Waals surface area (Å²) in [6, 6.07) is 9.64. The van der Waals surface area contributed by atoms with Crippen LogP contribution >= 0.6 is 0 Å². The van der Waals surface area contributed by atoms with Crippen LogP contribution in [0.15, 0.2) is 30.3 Å². The molecule has 1 aliphatic heterocycles. The Kier molecular flexibility index (Phi) is 6.78. The predicted molar refractivity (Wildman–Crippen MR) is 92.2 cm³/mol. The number of rotatable bonds is 9. The van der Waals surface area contributed by atoms with Crippen molar-refractivity contribution in [2.45, 2.75) is 45.4 Å². The molecule has 2 rings (SSSR count). The maximum absolute atomic E-state index is 12.5. The fraction of sp³-hybridized carbons (Fsp3) is 0.579. The van der Waals surface area contributed by atoms with Crippen molar-refractivity contribution < 1.29 is 9.59 Å². The first-order chi connectivity index (χ1) is 11.2. The average Bonchev–Trinajstić information content (AvgIpc) is 2.86. The van der Waals surface area contributed by atoms with Crippen LogP contribution in [-0.2, 0) is 9.59 Å². The van der Waals surface area contributed by atoms with E-state index in [-0.39, 0.29) is 17.7 Å². The highest BCUT2D eigenvalue weighted by molar-refractivity contribution is 6.06. The third-order valence-corrected chi connectivity index (χ3v) is 4.70. The van der Waals surface area contributed by atoms with Gasteiger partial charge in [-0.3, -0.25) is 14.5 Å². The van der Waals surface area contributed by atoms with Crippen LogP contribution in [-0.4, -0.2) is 47.8 Å². The smallest absolute Gasteiger partial charge is 0.237 e. The zero-order valence-electron chi connectivity index (χ0n) is 14.3. The minimum Gasteiger partial charge on any atom is -0.304 e. The molecule has 1 unspecified atom stereocenters. The third-order valence-electron chi connectivity index (χ3n) is 4.70. The highest BCUT2D eigenvalue weighted by Crippen LogP contribution is 2.29. The molecule has 4 heteroatoms. The van der Waals surface area contributed by atoms with E-state index in [1.807, 2.05) is 30.3 Å². The summed E-state index contributed by atoms with van der Waals surface area (Å²) in [6.45, 7) is 8.18. The van der Waals surface area contributed by atoms with Crippen LogP contribution in [0.3, 0.4) is 0 Å². The number of amides is 2. The number of hydrogen-bond acceptors (Lipinski definition) is 3. The number of imide groups is 1.